The van der Waals surface area contributed by atoms with E-state index in [9.17, 15) is 18.0 Å². The lowest BCUT2D eigenvalue weighted by Crippen LogP contribution is -2.19. The number of halogens is 3. The van der Waals surface area contributed by atoms with Crippen LogP contribution in [-0.4, -0.2) is 17.1 Å². The normalized spacial score (nSPS) is 11.9. The van der Waals surface area contributed by atoms with Crippen molar-refractivity contribution in [1.29, 1.82) is 0 Å². The van der Waals surface area contributed by atoms with Gasteiger partial charge in [-0.1, -0.05) is 0 Å². The number of nitrogens with zero attached hydrogens (tertiary/aromatic N) is 1. The van der Waals surface area contributed by atoms with E-state index >= 15 is 0 Å². The van der Waals surface area contributed by atoms with Gasteiger partial charge in [0.2, 0.25) is 0 Å². The monoisotopic (exact) mass is 249 g/mol. The molecule has 1 rings (SSSR count). The molecular formula is C11H14F3NO2. The lowest BCUT2D eigenvalue weighted by Gasteiger charge is -2.16. The molecule has 0 aliphatic heterocycles. The Morgan fingerprint density at radius 2 is 2.06 bits per heavy atom. The fraction of sp³-hybridized carbons (Fsp3) is 0.545. The number of carbonyl (C=O) groups excluding carboxylic acids is 1. The lowest BCUT2D eigenvalue weighted by molar-refractivity contribution is -0.144. The molecule has 6 heteroatoms. The van der Waals surface area contributed by atoms with Crippen molar-refractivity contribution in [1.82, 2.24) is 4.57 Å². The molecule has 0 bridgehead atoms. The fourth-order valence-corrected chi connectivity index (χ4v) is 1.55. The van der Waals surface area contributed by atoms with Crippen LogP contribution in [0.15, 0.2) is 12.3 Å². The van der Waals surface area contributed by atoms with E-state index in [-0.39, 0.29) is 12.6 Å². The van der Waals surface area contributed by atoms with Crippen LogP contribution in [0.5, 0.6) is 0 Å². The van der Waals surface area contributed by atoms with Gasteiger partial charge in [-0.25, -0.2) is 4.79 Å². The molecule has 0 fully saturated rings. The third-order valence-corrected chi connectivity index (χ3v) is 2.24. The molecule has 0 aliphatic rings. The van der Waals surface area contributed by atoms with Gasteiger partial charge in [-0.15, -0.1) is 0 Å². The Bertz CT molecular complexity index is 407. The summed E-state index contributed by atoms with van der Waals surface area (Å²) >= 11 is 0. The summed E-state index contributed by atoms with van der Waals surface area (Å²) in [5.74, 6) is -0.945. The fourth-order valence-electron chi connectivity index (χ4n) is 1.55. The van der Waals surface area contributed by atoms with E-state index in [0.717, 1.165) is 10.6 Å². The second-order valence-corrected chi connectivity index (χ2v) is 3.80. The predicted molar refractivity (Wildman–Crippen MR) is 55.8 cm³/mol. The molecule has 1 aromatic heterocycles. The second kappa shape index (κ2) is 4.81. The summed E-state index contributed by atoms with van der Waals surface area (Å²) in [6, 6.07) is 0.760. The molecule has 0 saturated heterocycles. The van der Waals surface area contributed by atoms with Gasteiger partial charge in [0.05, 0.1) is 12.2 Å². The summed E-state index contributed by atoms with van der Waals surface area (Å²) < 4.78 is 44.2. The third-order valence-electron chi connectivity index (χ3n) is 2.24. The Hall–Kier alpha value is -1.46. The summed E-state index contributed by atoms with van der Waals surface area (Å²) in [5.41, 5.74) is -1.39. The van der Waals surface area contributed by atoms with Crippen LogP contribution in [0.4, 0.5) is 13.2 Å². The Morgan fingerprint density at radius 1 is 1.47 bits per heavy atom. The van der Waals surface area contributed by atoms with Crippen LogP contribution in [0.3, 0.4) is 0 Å². The van der Waals surface area contributed by atoms with Crippen LogP contribution in [-0.2, 0) is 10.9 Å². The van der Waals surface area contributed by atoms with Gasteiger partial charge in [-0.05, 0) is 26.8 Å². The quantitative estimate of drug-likeness (QED) is 0.770. The minimum atomic E-state index is -4.57. The highest BCUT2D eigenvalue weighted by atomic mass is 19.4. The van der Waals surface area contributed by atoms with E-state index in [1.54, 1.807) is 20.8 Å². The Kier molecular flexibility index (Phi) is 3.85. The molecule has 0 radical (unpaired) electrons. The number of rotatable bonds is 3. The third kappa shape index (κ3) is 2.81. The van der Waals surface area contributed by atoms with Crippen LogP contribution in [0, 0.1) is 0 Å². The topological polar surface area (TPSA) is 31.2 Å². The molecular weight excluding hydrogens is 235 g/mol. The van der Waals surface area contributed by atoms with E-state index in [0.29, 0.717) is 0 Å². The van der Waals surface area contributed by atoms with Gasteiger partial charge in [0.25, 0.3) is 0 Å². The Morgan fingerprint density at radius 3 is 2.47 bits per heavy atom. The van der Waals surface area contributed by atoms with Crippen molar-refractivity contribution < 1.29 is 22.7 Å². The first-order valence-corrected chi connectivity index (χ1v) is 5.24. The molecule has 3 nitrogen and oxygen atoms in total. The van der Waals surface area contributed by atoms with E-state index < -0.39 is 23.4 Å². The summed E-state index contributed by atoms with van der Waals surface area (Å²) in [6.07, 6.45) is -3.32. The van der Waals surface area contributed by atoms with Gasteiger partial charge in [-0.3, -0.25) is 0 Å². The van der Waals surface area contributed by atoms with Crippen molar-refractivity contribution in [2.75, 3.05) is 6.61 Å². The maximum atomic E-state index is 12.9. The summed E-state index contributed by atoms with van der Waals surface area (Å²) in [7, 11) is 0. The minimum Gasteiger partial charge on any atom is -0.462 e. The molecule has 17 heavy (non-hydrogen) atoms. The second-order valence-electron chi connectivity index (χ2n) is 3.80. The highest BCUT2D eigenvalue weighted by molar-refractivity contribution is 5.91. The van der Waals surface area contributed by atoms with Crippen LogP contribution >= 0.6 is 0 Å². The molecule has 96 valence electrons. The molecule has 0 amide bonds. The summed E-state index contributed by atoms with van der Waals surface area (Å²) in [5, 5.41) is 0. The Balaban J connectivity index is 3.28. The molecule has 0 atom stereocenters. The van der Waals surface area contributed by atoms with Crippen molar-refractivity contribution in [2.24, 2.45) is 0 Å². The molecule has 0 saturated carbocycles. The van der Waals surface area contributed by atoms with Gasteiger partial charge < -0.3 is 9.30 Å². The zero-order valence-corrected chi connectivity index (χ0v) is 9.84. The molecule has 0 unspecified atom stereocenters. The molecule has 0 spiro atoms. The number of esters is 1. The number of hydrogen-bond acceptors (Lipinski definition) is 2. The SMILES string of the molecule is CCOC(=O)c1ccn(C(C)C)c1C(F)(F)F. The van der Waals surface area contributed by atoms with E-state index in [4.69, 9.17) is 0 Å². The van der Waals surface area contributed by atoms with Crippen LogP contribution < -0.4 is 0 Å². The average Bonchev–Trinajstić information content (AvgIpc) is 2.61. The molecule has 0 aromatic carbocycles. The van der Waals surface area contributed by atoms with Crippen molar-refractivity contribution in [3.63, 3.8) is 0 Å². The van der Waals surface area contributed by atoms with Crippen LogP contribution in [0.1, 0.15) is 42.9 Å². The number of ether oxygens (including phenoxy) is 1. The van der Waals surface area contributed by atoms with Crippen molar-refractivity contribution in [3.8, 4) is 0 Å². The highest BCUT2D eigenvalue weighted by Gasteiger charge is 2.39. The summed E-state index contributed by atoms with van der Waals surface area (Å²) in [6.45, 7) is 4.82. The summed E-state index contributed by atoms with van der Waals surface area (Å²) in [4.78, 5) is 11.4. The van der Waals surface area contributed by atoms with Gasteiger partial charge in [0.15, 0.2) is 0 Å². The van der Waals surface area contributed by atoms with Crippen molar-refractivity contribution in [2.45, 2.75) is 33.0 Å². The minimum absolute atomic E-state index is 0.0446. The number of hydrogen-bond donors (Lipinski definition) is 0. The predicted octanol–water partition coefficient (Wildman–Crippen LogP) is 3.26. The number of alkyl halides is 3. The molecule has 0 N–H and O–H groups in total. The smallest absolute Gasteiger partial charge is 0.432 e. The average molecular weight is 249 g/mol. The first kappa shape index (κ1) is 13.6. The van der Waals surface area contributed by atoms with Crippen molar-refractivity contribution >= 4 is 5.97 Å². The van der Waals surface area contributed by atoms with E-state index in [2.05, 4.69) is 4.74 Å². The van der Waals surface area contributed by atoms with Crippen LogP contribution in [0.25, 0.3) is 0 Å². The maximum absolute atomic E-state index is 12.9. The van der Waals surface area contributed by atoms with E-state index in [1.807, 2.05) is 0 Å². The first-order valence-electron chi connectivity index (χ1n) is 5.24. The zero-order chi connectivity index (χ0) is 13.2. The maximum Gasteiger partial charge on any atom is 0.432 e. The molecule has 1 heterocycles. The lowest BCUT2D eigenvalue weighted by atomic mass is 10.2. The van der Waals surface area contributed by atoms with Gasteiger partial charge in [-0.2, -0.15) is 13.2 Å². The number of carbonyl (C=O) groups is 1. The highest BCUT2D eigenvalue weighted by Crippen LogP contribution is 2.34. The zero-order valence-electron chi connectivity index (χ0n) is 9.84. The standard InChI is InChI=1S/C11H14F3NO2/c1-4-17-10(16)8-5-6-15(7(2)3)9(8)11(12,13)14/h5-7H,4H2,1-3H3. The van der Waals surface area contributed by atoms with Gasteiger partial charge >= 0.3 is 12.1 Å². The largest absolute Gasteiger partial charge is 0.462 e. The molecule has 1 aromatic rings. The number of aromatic nitrogens is 1. The molecule has 0 aliphatic carbocycles. The van der Waals surface area contributed by atoms with Gasteiger partial charge in [0, 0.05) is 12.2 Å². The van der Waals surface area contributed by atoms with E-state index in [1.165, 1.54) is 6.20 Å². The van der Waals surface area contributed by atoms with Gasteiger partial charge in [0.1, 0.15) is 5.69 Å². The first-order chi connectivity index (χ1) is 7.79. The van der Waals surface area contributed by atoms with Crippen LogP contribution in [0.2, 0.25) is 0 Å². The van der Waals surface area contributed by atoms with Crippen molar-refractivity contribution in [3.05, 3.63) is 23.5 Å². The Labute approximate surface area is 97.2 Å².